The number of nitrogens with one attached hydrogen (secondary N) is 1. The predicted molar refractivity (Wildman–Crippen MR) is 99.4 cm³/mol. The van der Waals surface area contributed by atoms with E-state index in [1.54, 1.807) is 19.2 Å². The van der Waals surface area contributed by atoms with Gasteiger partial charge in [0, 0.05) is 20.4 Å². The molecule has 8 nitrogen and oxygen atoms in total. The lowest BCUT2D eigenvalue weighted by molar-refractivity contribution is -0.116. The molecule has 11 heteroatoms. The van der Waals surface area contributed by atoms with Crippen LogP contribution in [-0.4, -0.2) is 57.5 Å². The molecule has 26 heavy (non-hydrogen) atoms. The third-order valence-electron chi connectivity index (χ3n) is 3.15. The summed E-state index contributed by atoms with van der Waals surface area (Å²) in [5.41, 5.74) is 0.346. The number of hydrogen-bond acceptors (Lipinski definition) is 7. The van der Waals surface area contributed by atoms with Crippen LogP contribution < -0.4 is 10.1 Å². The van der Waals surface area contributed by atoms with Gasteiger partial charge in [0.2, 0.25) is 11.8 Å². The van der Waals surface area contributed by atoms with Crippen LogP contribution in [0.3, 0.4) is 0 Å². The Morgan fingerprint density at radius 2 is 2.12 bits per heavy atom. The number of rotatable bonds is 9. The third kappa shape index (κ3) is 5.39. The average molecular weight is 420 g/mol. The molecule has 0 bridgehead atoms. The van der Waals surface area contributed by atoms with Crippen LogP contribution in [0.15, 0.2) is 34.7 Å². The fraction of sp³-hybridized carbons (Fsp3) is 0.333. The molecule has 0 aliphatic carbocycles. The van der Waals surface area contributed by atoms with Crippen molar-refractivity contribution in [2.75, 3.05) is 39.2 Å². The summed E-state index contributed by atoms with van der Waals surface area (Å²) < 4.78 is 36.5. The zero-order chi connectivity index (χ0) is 19.2. The first-order valence-electron chi connectivity index (χ1n) is 7.43. The van der Waals surface area contributed by atoms with Crippen LogP contribution in [0.2, 0.25) is 4.34 Å². The maximum Gasteiger partial charge on any atom is 0.252 e. The average Bonchev–Trinajstić information content (AvgIpc) is 3.03. The summed E-state index contributed by atoms with van der Waals surface area (Å²) >= 11 is 6.71. The molecule has 0 unspecified atom stereocenters. The number of pyridine rings is 1. The molecule has 2 aromatic heterocycles. The Morgan fingerprint density at radius 1 is 1.35 bits per heavy atom. The molecule has 1 N–H and O–H groups in total. The third-order valence-corrected chi connectivity index (χ3v) is 6.65. The smallest absolute Gasteiger partial charge is 0.252 e. The van der Waals surface area contributed by atoms with Crippen LogP contribution in [0.5, 0.6) is 5.88 Å². The number of halogens is 1. The topological polar surface area (TPSA) is 97.8 Å². The fourth-order valence-corrected chi connectivity index (χ4v) is 4.71. The molecule has 2 aromatic rings. The summed E-state index contributed by atoms with van der Waals surface area (Å²) in [6.07, 6.45) is 1.52. The largest absolute Gasteiger partial charge is 0.474 e. The van der Waals surface area contributed by atoms with Crippen molar-refractivity contribution in [2.24, 2.45) is 0 Å². The van der Waals surface area contributed by atoms with Crippen LogP contribution in [0.4, 0.5) is 5.69 Å². The molecule has 0 fully saturated rings. The van der Waals surface area contributed by atoms with Gasteiger partial charge in [-0.3, -0.25) is 4.79 Å². The van der Waals surface area contributed by atoms with Crippen molar-refractivity contribution in [3.05, 3.63) is 34.8 Å². The lowest BCUT2D eigenvalue weighted by Crippen LogP contribution is -2.34. The number of likely N-dealkylation sites (N-methyl/N-ethyl adjacent to an activating group) is 1. The second-order valence-corrected chi connectivity index (χ2v) is 9.05. The SMILES string of the molecule is COCCOc1ncccc1NC(=O)CN(C)S(=O)(=O)c1ccc(Cl)s1. The number of hydrogen-bond donors (Lipinski definition) is 1. The summed E-state index contributed by atoms with van der Waals surface area (Å²) in [6, 6.07) is 6.14. The number of carbonyl (C=O) groups excluding carboxylic acids is 1. The lowest BCUT2D eigenvalue weighted by atomic mass is 10.4. The minimum absolute atomic E-state index is 0.0720. The molecule has 1 amide bonds. The number of anilines is 1. The Balaban J connectivity index is 2.02. The molecule has 142 valence electrons. The zero-order valence-electron chi connectivity index (χ0n) is 14.1. The number of amides is 1. The van der Waals surface area contributed by atoms with Gasteiger partial charge in [0.1, 0.15) is 16.5 Å². The number of thiophene rings is 1. The quantitative estimate of drug-likeness (QED) is 0.625. The molecule has 0 saturated heterocycles. The van der Waals surface area contributed by atoms with E-state index >= 15 is 0 Å². The minimum atomic E-state index is -3.79. The maximum absolute atomic E-state index is 12.4. The normalized spacial score (nSPS) is 11.5. The number of ether oxygens (including phenoxy) is 2. The van der Waals surface area contributed by atoms with Gasteiger partial charge < -0.3 is 14.8 Å². The molecule has 0 aliphatic heterocycles. The maximum atomic E-state index is 12.4. The van der Waals surface area contributed by atoms with E-state index in [4.69, 9.17) is 21.1 Å². The van der Waals surface area contributed by atoms with Gasteiger partial charge in [-0.15, -0.1) is 11.3 Å². The summed E-state index contributed by atoms with van der Waals surface area (Å²) in [5, 5.41) is 2.60. The second-order valence-electron chi connectivity index (χ2n) is 5.07. The first-order valence-corrected chi connectivity index (χ1v) is 10.1. The molecular weight excluding hydrogens is 402 g/mol. The van der Waals surface area contributed by atoms with Gasteiger partial charge in [0.15, 0.2) is 0 Å². The van der Waals surface area contributed by atoms with Crippen LogP contribution >= 0.6 is 22.9 Å². The number of carbonyl (C=O) groups is 1. The lowest BCUT2D eigenvalue weighted by Gasteiger charge is -2.16. The van der Waals surface area contributed by atoms with Crippen molar-refractivity contribution >= 4 is 44.6 Å². The van der Waals surface area contributed by atoms with E-state index in [9.17, 15) is 13.2 Å². The molecule has 0 spiro atoms. The fourth-order valence-electron chi connectivity index (χ4n) is 1.89. The molecule has 0 radical (unpaired) electrons. The van der Waals surface area contributed by atoms with Crippen LogP contribution in [0.25, 0.3) is 0 Å². The van der Waals surface area contributed by atoms with Gasteiger partial charge in [-0.2, -0.15) is 4.31 Å². The Hall–Kier alpha value is -1.72. The molecule has 0 aliphatic rings. The predicted octanol–water partition coefficient (Wildman–Crippen LogP) is 2.08. The van der Waals surface area contributed by atoms with Gasteiger partial charge in [-0.1, -0.05) is 11.6 Å². The van der Waals surface area contributed by atoms with Crippen molar-refractivity contribution in [3.8, 4) is 5.88 Å². The molecule has 0 atom stereocenters. The van der Waals surface area contributed by atoms with Crippen molar-refractivity contribution in [3.63, 3.8) is 0 Å². The molecular formula is C15H18ClN3O5S2. The Kier molecular flexibility index (Phi) is 7.35. The molecule has 0 aromatic carbocycles. The van der Waals surface area contributed by atoms with Gasteiger partial charge in [0.05, 0.1) is 17.5 Å². The van der Waals surface area contributed by atoms with Gasteiger partial charge in [0.25, 0.3) is 10.0 Å². The first kappa shape index (κ1) is 20.6. The van der Waals surface area contributed by atoms with E-state index in [0.717, 1.165) is 15.6 Å². The van der Waals surface area contributed by atoms with E-state index in [1.807, 2.05) is 0 Å². The van der Waals surface area contributed by atoms with Crippen molar-refractivity contribution in [2.45, 2.75) is 4.21 Å². The highest BCUT2D eigenvalue weighted by molar-refractivity contribution is 7.91. The monoisotopic (exact) mass is 419 g/mol. The van der Waals surface area contributed by atoms with E-state index in [2.05, 4.69) is 10.3 Å². The Bertz CT molecular complexity index is 856. The standard InChI is InChI=1S/C15H18ClN3O5S2/c1-19(26(21,22)14-6-5-12(16)25-14)10-13(20)18-11-4-3-7-17-15(11)24-9-8-23-2/h3-7H,8-10H2,1-2H3,(H,18,20). The van der Waals surface area contributed by atoms with E-state index < -0.39 is 15.9 Å². The van der Waals surface area contributed by atoms with Crippen molar-refractivity contribution < 1.29 is 22.7 Å². The highest BCUT2D eigenvalue weighted by Crippen LogP contribution is 2.27. The van der Waals surface area contributed by atoms with Crippen molar-refractivity contribution in [1.29, 1.82) is 0 Å². The number of methoxy groups -OCH3 is 1. The van der Waals surface area contributed by atoms with Gasteiger partial charge in [-0.05, 0) is 24.3 Å². The first-order chi connectivity index (χ1) is 12.3. The Labute approximate surface area is 160 Å². The second kappa shape index (κ2) is 9.28. The van der Waals surface area contributed by atoms with Gasteiger partial charge >= 0.3 is 0 Å². The highest BCUT2D eigenvalue weighted by atomic mass is 35.5. The summed E-state index contributed by atoms with van der Waals surface area (Å²) in [4.78, 5) is 16.3. The minimum Gasteiger partial charge on any atom is -0.474 e. The van der Waals surface area contributed by atoms with Gasteiger partial charge in [-0.25, -0.2) is 13.4 Å². The highest BCUT2D eigenvalue weighted by Gasteiger charge is 2.25. The van der Waals surface area contributed by atoms with E-state index in [0.29, 0.717) is 16.6 Å². The number of aromatic nitrogens is 1. The number of nitrogens with zero attached hydrogens (tertiary/aromatic N) is 2. The number of sulfonamides is 1. The van der Waals surface area contributed by atoms with E-state index in [1.165, 1.54) is 25.4 Å². The summed E-state index contributed by atoms with van der Waals surface area (Å²) in [7, 11) is -0.926. The van der Waals surface area contributed by atoms with E-state index in [-0.39, 0.29) is 23.2 Å². The van der Waals surface area contributed by atoms with Crippen molar-refractivity contribution in [1.82, 2.24) is 9.29 Å². The zero-order valence-corrected chi connectivity index (χ0v) is 16.5. The molecule has 2 rings (SSSR count). The van der Waals surface area contributed by atoms with Crippen LogP contribution in [0, 0.1) is 0 Å². The molecule has 2 heterocycles. The van der Waals surface area contributed by atoms with Crippen LogP contribution in [0.1, 0.15) is 0 Å². The summed E-state index contributed by atoms with van der Waals surface area (Å²) in [6.45, 7) is 0.266. The summed E-state index contributed by atoms with van der Waals surface area (Å²) in [5.74, 6) is -0.295. The molecule has 0 saturated carbocycles. The van der Waals surface area contributed by atoms with Crippen LogP contribution in [-0.2, 0) is 19.6 Å². The Morgan fingerprint density at radius 3 is 2.77 bits per heavy atom.